The first-order valence-electron chi connectivity index (χ1n) is 14.7. The van der Waals surface area contributed by atoms with Crippen molar-refractivity contribution in [2.45, 2.75) is 68.8 Å². The van der Waals surface area contributed by atoms with Crippen LogP contribution in [0, 0.1) is 0 Å². The molecule has 1 atom stereocenters. The van der Waals surface area contributed by atoms with Crippen molar-refractivity contribution in [3.8, 4) is 5.75 Å². The van der Waals surface area contributed by atoms with Gasteiger partial charge in [0.2, 0.25) is 11.8 Å². The molecular formula is C33H41N3O5S. The Balaban J connectivity index is 1.65. The average molecular weight is 592 g/mol. The van der Waals surface area contributed by atoms with Crippen LogP contribution in [0.4, 0.5) is 5.69 Å². The molecule has 1 fully saturated rings. The fraction of sp³-hybridized carbons (Fsp3) is 0.394. The van der Waals surface area contributed by atoms with Crippen LogP contribution in [0.15, 0.2) is 89.8 Å². The van der Waals surface area contributed by atoms with E-state index < -0.39 is 28.5 Å². The van der Waals surface area contributed by atoms with Crippen molar-refractivity contribution >= 4 is 27.5 Å². The third-order valence-electron chi connectivity index (χ3n) is 7.79. The van der Waals surface area contributed by atoms with Crippen LogP contribution < -0.4 is 14.4 Å². The third-order valence-corrected chi connectivity index (χ3v) is 9.58. The molecule has 3 aromatic carbocycles. The SMILES string of the molecule is CC[C@H](C(=O)NC1CCCCC1)N(CCc1ccccc1)C(=O)CN(c1ccc(OC)cc1)S(=O)(=O)c1ccccc1. The number of anilines is 1. The lowest BCUT2D eigenvalue weighted by molar-refractivity contribution is -0.140. The van der Waals surface area contributed by atoms with E-state index in [0.29, 0.717) is 24.3 Å². The molecule has 224 valence electrons. The second-order valence-corrected chi connectivity index (χ2v) is 12.5. The highest BCUT2D eigenvalue weighted by Gasteiger charge is 2.34. The lowest BCUT2D eigenvalue weighted by Gasteiger charge is -2.34. The minimum absolute atomic E-state index is 0.0755. The molecule has 0 saturated heterocycles. The van der Waals surface area contributed by atoms with Gasteiger partial charge in [-0.1, -0.05) is 74.7 Å². The van der Waals surface area contributed by atoms with Crippen molar-refractivity contribution in [3.05, 3.63) is 90.5 Å². The summed E-state index contributed by atoms with van der Waals surface area (Å²) in [4.78, 5) is 29.4. The highest BCUT2D eigenvalue weighted by molar-refractivity contribution is 7.92. The number of nitrogens with zero attached hydrogens (tertiary/aromatic N) is 2. The smallest absolute Gasteiger partial charge is 0.264 e. The van der Waals surface area contributed by atoms with Crippen LogP contribution in [-0.2, 0) is 26.0 Å². The lowest BCUT2D eigenvalue weighted by Crippen LogP contribution is -2.54. The van der Waals surface area contributed by atoms with Crippen LogP contribution in [-0.4, -0.2) is 57.4 Å². The molecule has 0 bridgehead atoms. The molecule has 1 aliphatic carbocycles. The summed E-state index contributed by atoms with van der Waals surface area (Å²) in [6.45, 7) is 1.71. The summed E-state index contributed by atoms with van der Waals surface area (Å²) in [5.41, 5.74) is 1.36. The predicted molar refractivity (Wildman–Crippen MR) is 165 cm³/mol. The van der Waals surface area contributed by atoms with Gasteiger partial charge in [-0.2, -0.15) is 0 Å². The molecule has 0 unspecified atom stereocenters. The van der Waals surface area contributed by atoms with Gasteiger partial charge in [-0.25, -0.2) is 8.42 Å². The van der Waals surface area contributed by atoms with E-state index in [4.69, 9.17) is 4.74 Å². The summed E-state index contributed by atoms with van der Waals surface area (Å²) in [5, 5.41) is 3.18. The van der Waals surface area contributed by atoms with Crippen LogP contribution in [0.3, 0.4) is 0 Å². The third kappa shape index (κ3) is 7.91. The normalized spacial score (nSPS) is 14.5. The largest absolute Gasteiger partial charge is 0.497 e. The Kier molecular flexibility index (Phi) is 11.0. The summed E-state index contributed by atoms with van der Waals surface area (Å²) in [6.07, 6.45) is 6.13. The quantitative estimate of drug-likeness (QED) is 0.295. The standard InChI is InChI=1S/C33H41N3O5S/c1-3-31(33(38)34-27-15-9-5-10-16-27)35(24-23-26-13-7-4-8-14-26)32(37)25-36(28-19-21-29(41-2)22-20-28)42(39,40)30-17-11-6-12-18-30/h4,6-8,11-14,17-22,27,31H,3,5,9-10,15-16,23-25H2,1-2H3,(H,34,38)/t31-/m1/s1. The number of benzene rings is 3. The summed E-state index contributed by atoms with van der Waals surface area (Å²) >= 11 is 0. The minimum atomic E-state index is -4.10. The van der Waals surface area contributed by atoms with Gasteiger partial charge in [0.15, 0.2) is 0 Å². The van der Waals surface area contributed by atoms with Gasteiger partial charge in [0, 0.05) is 12.6 Å². The second-order valence-electron chi connectivity index (χ2n) is 10.6. The fourth-order valence-electron chi connectivity index (χ4n) is 5.44. The molecule has 42 heavy (non-hydrogen) atoms. The minimum Gasteiger partial charge on any atom is -0.497 e. The number of amides is 2. The molecule has 1 aliphatic rings. The second kappa shape index (κ2) is 14.9. The van der Waals surface area contributed by atoms with E-state index in [2.05, 4.69) is 5.32 Å². The van der Waals surface area contributed by atoms with Gasteiger partial charge >= 0.3 is 0 Å². The molecule has 0 aliphatic heterocycles. The van der Waals surface area contributed by atoms with Crippen LogP contribution in [0.5, 0.6) is 5.75 Å². The number of hydrogen-bond acceptors (Lipinski definition) is 5. The van der Waals surface area contributed by atoms with Crippen molar-refractivity contribution in [1.82, 2.24) is 10.2 Å². The molecule has 0 aromatic heterocycles. The van der Waals surface area contributed by atoms with Gasteiger partial charge in [0.25, 0.3) is 10.0 Å². The summed E-state index contributed by atoms with van der Waals surface area (Å²) in [5.74, 6) is -0.0586. The van der Waals surface area contributed by atoms with Gasteiger partial charge in [0.05, 0.1) is 17.7 Å². The zero-order valence-corrected chi connectivity index (χ0v) is 25.3. The molecule has 2 amide bonds. The first-order valence-corrected chi connectivity index (χ1v) is 16.1. The predicted octanol–water partition coefficient (Wildman–Crippen LogP) is 5.19. The Morgan fingerprint density at radius 1 is 0.905 bits per heavy atom. The number of sulfonamides is 1. The average Bonchev–Trinajstić information content (AvgIpc) is 3.03. The van der Waals surface area contributed by atoms with Crippen molar-refractivity contribution in [3.63, 3.8) is 0 Å². The van der Waals surface area contributed by atoms with Crippen LogP contribution in [0.25, 0.3) is 0 Å². The van der Waals surface area contributed by atoms with E-state index in [1.807, 2.05) is 37.3 Å². The zero-order chi connectivity index (χ0) is 30.0. The van der Waals surface area contributed by atoms with E-state index in [-0.39, 0.29) is 23.4 Å². The Hall–Kier alpha value is -3.85. The lowest BCUT2D eigenvalue weighted by atomic mass is 9.95. The maximum Gasteiger partial charge on any atom is 0.264 e. The molecule has 1 saturated carbocycles. The zero-order valence-electron chi connectivity index (χ0n) is 24.4. The Morgan fingerprint density at radius 2 is 1.52 bits per heavy atom. The van der Waals surface area contributed by atoms with E-state index in [1.54, 1.807) is 47.4 Å². The molecule has 0 heterocycles. The highest BCUT2D eigenvalue weighted by atomic mass is 32.2. The van der Waals surface area contributed by atoms with Crippen LogP contribution >= 0.6 is 0 Å². The summed E-state index contributed by atoms with van der Waals surface area (Å²) < 4.78 is 34.2. The Labute approximate surface area is 249 Å². The molecule has 4 rings (SSSR count). The monoisotopic (exact) mass is 591 g/mol. The number of hydrogen-bond donors (Lipinski definition) is 1. The van der Waals surface area contributed by atoms with Crippen LogP contribution in [0.2, 0.25) is 0 Å². The molecule has 3 aromatic rings. The summed E-state index contributed by atoms with van der Waals surface area (Å²) in [7, 11) is -2.57. The number of methoxy groups -OCH3 is 1. The number of nitrogens with one attached hydrogen (secondary N) is 1. The van der Waals surface area contributed by atoms with Crippen LogP contribution in [0.1, 0.15) is 51.0 Å². The van der Waals surface area contributed by atoms with Crippen molar-refractivity contribution < 1.29 is 22.7 Å². The molecular weight excluding hydrogens is 550 g/mol. The molecule has 8 nitrogen and oxygen atoms in total. The van der Waals surface area contributed by atoms with E-state index in [9.17, 15) is 18.0 Å². The van der Waals surface area contributed by atoms with E-state index in [1.165, 1.54) is 25.7 Å². The van der Waals surface area contributed by atoms with Gasteiger partial charge < -0.3 is 15.0 Å². The van der Waals surface area contributed by atoms with Crippen molar-refractivity contribution in [1.29, 1.82) is 0 Å². The van der Waals surface area contributed by atoms with Gasteiger partial charge in [-0.15, -0.1) is 0 Å². The van der Waals surface area contributed by atoms with Crippen molar-refractivity contribution in [2.75, 3.05) is 24.5 Å². The molecule has 0 spiro atoms. The number of carbonyl (C=O) groups is 2. The molecule has 9 heteroatoms. The molecule has 1 N–H and O–H groups in total. The summed E-state index contributed by atoms with van der Waals surface area (Å²) in [6, 6.07) is 23.8. The van der Waals surface area contributed by atoms with Crippen molar-refractivity contribution in [2.24, 2.45) is 0 Å². The van der Waals surface area contributed by atoms with E-state index >= 15 is 0 Å². The maximum atomic E-state index is 14.2. The van der Waals surface area contributed by atoms with Gasteiger partial charge in [0.1, 0.15) is 18.3 Å². The number of rotatable bonds is 13. The highest BCUT2D eigenvalue weighted by Crippen LogP contribution is 2.26. The van der Waals surface area contributed by atoms with Gasteiger partial charge in [-0.05, 0) is 67.6 Å². The van der Waals surface area contributed by atoms with E-state index in [0.717, 1.165) is 35.6 Å². The first-order chi connectivity index (χ1) is 20.3. The maximum absolute atomic E-state index is 14.2. The number of ether oxygens (including phenoxy) is 1. The topological polar surface area (TPSA) is 96.0 Å². The number of carbonyl (C=O) groups excluding carboxylic acids is 2. The van der Waals surface area contributed by atoms with Gasteiger partial charge in [-0.3, -0.25) is 13.9 Å². The Morgan fingerprint density at radius 3 is 2.12 bits per heavy atom. The first kappa shape index (κ1) is 31.1. The fourth-order valence-corrected chi connectivity index (χ4v) is 6.87. The Bertz CT molecular complexity index is 1390. The molecule has 0 radical (unpaired) electrons.